The van der Waals surface area contributed by atoms with E-state index in [1.54, 1.807) is 28.3 Å². The molecule has 0 aliphatic rings. The summed E-state index contributed by atoms with van der Waals surface area (Å²) in [4.78, 5) is 8.38. The van der Waals surface area contributed by atoms with Crippen LogP contribution in [0.2, 0.25) is 0 Å². The van der Waals surface area contributed by atoms with E-state index in [9.17, 15) is 10.2 Å². The number of aliphatic hydroxyl groups excluding tert-OH is 1. The van der Waals surface area contributed by atoms with Gasteiger partial charge in [-0.2, -0.15) is 0 Å². The van der Waals surface area contributed by atoms with Crippen LogP contribution in [0.25, 0.3) is 0 Å². The zero-order chi connectivity index (χ0) is 18.4. The number of benzene rings is 1. The van der Waals surface area contributed by atoms with Crippen LogP contribution in [0.15, 0.2) is 23.3 Å². The molecule has 0 saturated heterocycles. The zero-order valence-corrected chi connectivity index (χ0v) is 14.7. The molecule has 0 atom stereocenters. The number of hydrogen-bond acceptors (Lipinski definition) is 7. The van der Waals surface area contributed by atoms with Gasteiger partial charge in [0.05, 0.1) is 40.2 Å². The van der Waals surface area contributed by atoms with E-state index >= 15 is 0 Å². The summed E-state index contributed by atoms with van der Waals surface area (Å²) in [7, 11) is 4.65. The summed E-state index contributed by atoms with van der Waals surface area (Å²) in [6, 6.07) is 3.62. The van der Waals surface area contributed by atoms with E-state index in [0.29, 0.717) is 40.6 Å². The Morgan fingerprint density at radius 2 is 1.76 bits per heavy atom. The summed E-state index contributed by atoms with van der Waals surface area (Å²) in [5, 5.41) is 19.5. The molecule has 0 saturated carbocycles. The van der Waals surface area contributed by atoms with Crippen molar-refractivity contribution in [2.45, 2.75) is 20.1 Å². The fourth-order valence-corrected chi connectivity index (χ4v) is 2.39. The van der Waals surface area contributed by atoms with Gasteiger partial charge in [-0.1, -0.05) is 0 Å². The van der Waals surface area contributed by atoms with Crippen LogP contribution in [-0.2, 0) is 13.2 Å². The molecule has 25 heavy (non-hydrogen) atoms. The minimum atomic E-state index is -0.230. The molecular formula is C18H22N2O5. The summed E-state index contributed by atoms with van der Waals surface area (Å²) in [5.74, 6) is 1.62. The number of aromatic nitrogens is 1. The number of ether oxygens (including phenoxy) is 3. The number of hydrogen-bond donors (Lipinski definition) is 2. The predicted molar refractivity (Wildman–Crippen MR) is 94.0 cm³/mol. The number of aliphatic imine (C=N–C) groups is 1. The lowest BCUT2D eigenvalue weighted by Gasteiger charge is -2.13. The lowest BCUT2D eigenvalue weighted by Crippen LogP contribution is -1.99. The second-order valence-electron chi connectivity index (χ2n) is 5.29. The fourth-order valence-electron chi connectivity index (χ4n) is 2.39. The Morgan fingerprint density at radius 3 is 2.28 bits per heavy atom. The van der Waals surface area contributed by atoms with Gasteiger partial charge in [-0.15, -0.1) is 0 Å². The van der Waals surface area contributed by atoms with Crippen molar-refractivity contribution >= 4 is 6.21 Å². The van der Waals surface area contributed by atoms with Crippen LogP contribution >= 0.6 is 0 Å². The fraction of sp³-hybridized carbons (Fsp3) is 0.333. The van der Waals surface area contributed by atoms with Gasteiger partial charge >= 0.3 is 0 Å². The lowest BCUT2D eigenvalue weighted by atomic mass is 10.1. The minimum Gasteiger partial charge on any atom is -0.505 e. The predicted octanol–water partition coefficient (Wildman–Crippen LogP) is 2.23. The number of rotatable bonds is 7. The Kier molecular flexibility index (Phi) is 6.19. The van der Waals surface area contributed by atoms with E-state index in [0.717, 1.165) is 5.56 Å². The SMILES string of the molecule is COc1cc(CN=Cc2c(CO)cnc(C)c2O)cc(OC)c1OC. The molecule has 134 valence electrons. The van der Waals surface area contributed by atoms with Crippen molar-refractivity contribution in [2.75, 3.05) is 21.3 Å². The van der Waals surface area contributed by atoms with Gasteiger partial charge in [0, 0.05) is 23.5 Å². The maximum Gasteiger partial charge on any atom is 0.203 e. The Morgan fingerprint density at radius 1 is 1.12 bits per heavy atom. The monoisotopic (exact) mass is 346 g/mol. The topological polar surface area (TPSA) is 93.4 Å². The molecule has 2 aromatic rings. The van der Waals surface area contributed by atoms with Gasteiger partial charge in [0.25, 0.3) is 0 Å². The van der Waals surface area contributed by atoms with E-state index in [2.05, 4.69) is 9.98 Å². The van der Waals surface area contributed by atoms with Gasteiger partial charge < -0.3 is 24.4 Å². The maximum atomic E-state index is 10.1. The summed E-state index contributed by atoms with van der Waals surface area (Å²) in [6.07, 6.45) is 3.05. The molecule has 0 aliphatic carbocycles. The normalized spacial score (nSPS) is 10.9. The van der Waals surface area contributed by atoms with Crippen molar-refractivity contribution in [1.29, 1.82) is 0 Å². The first-order valence-corrected chi connectivity index (χ1v) is 7.62. The summed E-state index contributed by atoms with van der Waals surface area (Å²) >= 11 is 0. The molecule has 1 heterocycles. The molecular weight excluding hydrogens is 324 g/mol. The van der Waals surface area contributed by atoms with Gasteiger partial charge in [0.1, 0.15) is 5.75 Å². The van der Waals surface area contributed by atoms with Gasteiger partial charge in [0.2, 0.25) is 5.75 Å². The van der Waals surface area contributed by atoms with Gasteiger partial charge in [0.15, 0.2) is 11.5 Å². The second-order valence-corrected chi connectivity index (χ2v) is 5.29. The van der Waals surface area contributed by atoms with Crippen LogP contribution in [0.5, 0.6) is 23.0 Å². The minimum absolute atomic E-state index is 0.0141. The smallest absolute Gasteiger partial charge is 0.203 e. The molecule has 0 amide bonds. The molecule has 0 aliphatic heterocycles. The van der Waals surface area contributed by atoms with Crippen molar-refractivity contribution in [3.63, 3.8) is 0 Å². The van der Waals surface area contributed by atoms with E-state index < -0.39 is 0 Å². The number of nitrogens with zero attached hydrogens (tertiary/aromatic N) is 2. The van der Waals surface area contributed by atoms with Crippen molar-refractivity contribution in [3.8, 4) is 23.0 Å². The average molecular weight is 346 g/mol. The molecule has 7 nitrogen and oxygen atoms in total. The highest BCUT2D eigenvalue weighted by Crippen LogP contribution is 2.38. The Hall–Kier alpha value is -2.80. The Labute approximate surface area is 146 Å². The van der Waals surface area contributed by atoms with Gasteiger partial charge in [-0.25, -0.2) is 0 Å². The molecule has 2 N–H and O–H groups in total. The van der Waals surface area contributed by atoms with E-state index in [1.807, 2.05) is 12.1 Å². The third-order valence-corrected chi connectivity index (χ3v) is 3.75. The molecule has 0 radical (unpaired) electrons. The highest BCUT2D eigenvalue weighted by molar-refractivity contribution is 5.85. The third kappa shape index (κ3) is 4.00. The van der Waals surface area contributed by atoms with Gasteiger partial charge in [-0.3, -0.25) is 9.98 Å². The first-order chi connectivity index (χ1) is 12.0. The number of methoxy groups -OCH3 is 3. The number of pyridine rings is 1. The van der Waals surface area contributed by atoms with Crippen molar-refractivity contribution in [2.24, 2.45) is 4.99 Å². The van der Waals surface area contributed by atoms with E-state index in [4.69, 9.17) is 14.2 Å². The first-order valence-electron chi connectivity index (χ1n) is 7.62. The molecule has 2 rings (SSSR count). The molecule has 1 aromatic heterocycles. The van der Waals surface area contributed by atoms with Crippen LogP contribution in [0, 0.1) is 6.92 Å². The van der Waals surface area contributed by atoms with E-state index in [-0.39, 0.29) is 12.4 Å². The third-order valence-electron chi connectivity index (χ3n) is 3.75. The average Bonchev–Trinajstić information content (AvgIpc) is 2.64. The number of aryl methyl sites for hydroxylation is 1. The summed E-state index contributed by atoms with van der Waals surface area (Å²) in [5.41, 5.74) is 2.30. The van der Waals surface area contributed by atoms with Crippen LogP contribution in [0.3, 0.4) is 0 Å². The molecule has 7 heteroatoms. The standard InChI is InChI=1S/C18H22N2O5/c1-11-17(22)14(13(10-21)8-20-11)9-19-7-12-5-15(23-2)18(25-4)16(6-12)24-3/h5-6,8-9,21-22H,7,10H2,1-4H3. The second kappa shape index (κ2) is 8.34. The highest BCUT2D eigenvalue weighted by atomic mass is 16.5. The quantitative estimate of drug-likeness (QED) is 0.747. The summed E-state index contributed by atoms with van der Waals surface area (Å²) in [6.45, 7) is 1.79. The molecule has 0 unspecified atom stereocenters. The molecule has 0 fully saturated rings. The largest absolute Gasteiger partial charge is 0.505 e. The number of aliphatic hydroxyl groups is 1. The Balaban J connectivity index is 2.30. The summed E-state index contributed by atoms with van der Waals surface area (Å²) < 4.78 is 15.9. The highest BCUT2D eigenvalue weighted by Gasteiger charge is 2.13. The van der Waals surface area contributed by atoms with Crippen LogP contribution in [0.1, 0.15) is 22.4 Å². The van der Waals surface area contributed by atoms with E-state index in [1.165, 1.54) is 12.4 Å². The van der Waals surface area contributed by atoms with Gasteiger partial charge in [-0.05, 0) is 24.6 Å². The van der Waals surface area contributed by atoms with Crippen molar-refractivity contribution < 1.29 is 24.4 Å². The zero-order valence-electron chi connectivity index (χ0n) is 14.7. The molecule has 0 bridgehead atoms. The number of aromatic hydroxyl groups is 1. The lowest BCUT2D eigenvalue weighted by molar-refractivity contribution is 0.280. The van der Waals surface area contributed by atoms with Crippen molar-refractivity contribution in [3.05, 3.63) is 40.7 Å². The first kappa shape index (κ1) is 18.5. The Bertz CT molecular complexity index is 749. The van der Waals surface area contributed by atoms with Crippen LogP contribution < -0.4 is 14.2 Å². The molecule has 1 aromatic carbocycles. The van der Waals surface area contributed by atoms with Crippen LogP contribution in [-0.4, -0.2) is 42.7 Å². The van der Waals surface area contributed by atoms with Crippen molar-refractivity contribution in [1.82, 2.24) is 4.98 Å². The molecule has 0 spiro atoms. The maximum absolute atomic E-state index is 10.1. The van der Waals surface area contributed by atoms with Crippen LogP contribution in [0.4, 0.5) is 0 Å².